The van der Waals surface area contributed by atoms with E-state index in [1.54, 1.807) is 11.6 Å². The van der Waals surface area contributed by atoms with Crippen molar-refractivity contribution < 1.29 is 14.3 Å². The number of esters is 1. The molecule has 1 unspecified atom stereocenters. The maximum absolute atomic E-state index is 12.5. The average molecular weight is 567 g/mol. The second-order valence-corrected chi connectivity index (χ2v) is 11.3. The van der Waals surface area contributed by atoms with Gasteiger partial charge in [-0.1, -0.05) is 114 Å². The molecule has 0 spiro atoms. The molecule has 0 saturated heterocycles. The third-order valence-corrected chi connectivity index (χ3v) is 8.56. The number of thioether (sulfide) groups is 1. The van der Waals surface area contributed by atoms with E-state index in [2.05, 4.69) is 112 Å². The molecule has 3 aromatic carbocycles. The fraction of sp³-hybridized carbons (Fsp3) is 0.273. The van der Waals surface area contributed by atoms with Crippen LogP contribution in [0.15, 0.2) is 109 Å². The largest absolute Gasteiger partial charge is 0.469 e. The molecule has 0 aliphatic carbocycles. The summed E-state index contributed by atoms with van der Waals surface area (Å²) in [5, 5.41) is 8.41. The Labute approximate surface area is 245 Å². The predicted octanol–water partition coefficient (Wildman–Crippen LogP) is 5.79. The SMILES string of the molecule is COC(=O)CCn1cc(C(SC(C)=O)C2=CCCN(C(c3ccccc3)(c3ccccc3)c3ccccc3)C2)nn1. The first kappa shape index (κ1) is 28.5. The highest BCUT2D eigenvalue weighted by atomic mass is 32.2. The fourth-order valence-electron chi connectivity index (χ4n) is 5.67. The normalized spacial score (nSPS) is 14.7. The first-order valence-corrected chi connectivity index (χ1v) is 14.6. The van der Waals surface area contributed by atoms with Crippen molar-refractivity contribution in [2.45, 2.75) is 37.1 Å². The lowest BCUT2D eigenvalue weighted by atomic mass is 9.74. The summed E-state index contributed by atoms with van der Waals surface area (Å²) in [6, 6.07) is 31.9. The number of aromatic nitrogens is 3. The maximum Gasteiger partial charge on any atom is 0.307 e. The smallest absolute Gasteiger partial charge is 0.307 e. The monoisotopic (exact) mass is 566 g/mol. The molecule has 2 heterocycles. The van der Waals surface area contributed by atoms with Crippen LogP contribution in [0, 0.1) is 0 Å². The molecule has 1 aliphatic rings. The Kier molecular flexibility index (Phi) is 9.11. The third kappa shape index (κ3) is 6.19. The lowest BCUT2D eigenvalue weighted by Crippen LogP contribution is -2.50. The van der Waals surface area contributed by atoms with Crippen molar-refractivity contribution in [2.75, 3.05) is 20.2 Å². The standard InChI is InChI=1S/C33H34N4O3S/c1-25(38)41-32(30-24-37(35-34-30)22-20-31(39)40-2)26-13-12-21-36(23-26)33(27-14-6-3-7-15-27,28-16-8-4-9-17-28)29-18-10-5-11-19-29/h3-11,13-19,24,32H,12,20-23H2,1-2H3. The van der Waals surface area contributed by atoms with E-state index < -0.39 is 5.54 Å². The number of aryl methyl sites for hydroxylation is 1. The Morgan fingerprint density at radius 3 is 2.00 bits per heavy atom. The lowest BCUT2D eigenvalue weighted by Gasteiger charge is -2.47. The van der Waals surface area contributed by atoms with Crippen molar-refractivity contribution in [2.24, 2.45) is 0 Å². The van der Waals surface area contributed by atoms with Gasteiger partial charge in [-0.3, -0.25) is 19.2 Å². The molecule has 4 aromatic rings. The first-order valence-electron chi connectivity index (χ1n) is 13.8. The molecule has 0 fully saturated rings. The van der Waals surface area contributed by atoms with Gasteiger partial charge < -0.3 is 4.74 Å². The first-order chi connectivity index (χ1) is 20.0. The number of hydrogen-bond donors (Lipinski definition) is 0. The number of nitrogens with zero attached hydrogens (tertiary/aromatic N) is 4. The molecular weight excluding hydrogens is 532 g/mol. The summed E-state index contributed by atoms with van der Waals surface area (Å²) in [6.07, 6.45) is 5.11. The molecule has 0 saturated carbocycles. The Balaban J connectivity index is 1.56. The van der Waals surface area contributed by atoms with E-state index in [0.717, 1.165) is 18.5 Å². The Morgan fingerprint density at radius 1 is 0.927 bits per heavy atom. The summed E-state index contributed by atoms with van der Waals surface area (Å²) < 4.78 is 6.41. The van der Waals surface area contributed by atoms with Gasteiger partial charge in [0, 0.05) is 26.2 Å². The summed E-state index contributed by atoms with van der Waals surface area (Å²) >= 11 is 1.26. The van der Waals surface area contributed by atoms with Crippen LogP contribution in [0.2, 0.25) is 0 Å². The van der Waals surface area contributed by atoms with Crippen molar-refractivity contribution >= 4 is 22.8 Å². The molecule has 7 nitrogen and oxygen atoms in total. The quantitative estimate of drug-likeness (QED) is 0.137. The van der Waals surface area contributed by atoms with Gasteiger partial charge in [-0.05, 0) is 28.7 Å². The van der Waals surface area contributed by atoms with Crippen LogP contribution in [0.25, 0.3) is 0 Å². The Bertz CT molecular complexity index is 1390. The minimum atomic E-state index is -0.549. The van der Waals surface area contributed by atoms with Gasteiger partial charge >= 0.3 is 5.97 Å². The average Bonchev–Trinajstić information content (AvgIpc) is 3.49. The molecule has 210 valence electrons. The zero-order valence-corrected chi connectivity index (χ0v) is 24.2. The molecule has 8 heteroatoms. The molecule has 5 rings (SSSR count). The third-order valence-electron chi connectivity index (χ3n) is 7.45. The zero-order valence-electron chi connectivity index (χ0n) is 23.3. The van der Waals surface area contributed by atoms with Crippen molar-refractivity contribution in [1.82, 2.24) is 19.9 Å². The summed E-state index contributed by atoms with van der Waals surface area (Å²) in [6.45, 7) is 3.42. The van der Waals surface area contributed by atoms with Crippen LogP contribution < -0.4 is 0 Å². The minimum Gasteiger partial charge on any atom is -0.469 e. The van der Waals surface area contributed by atoms with Crippen LogP contribution in [-0.2, 0) is 26.4 Å². The molecular formula is C33H34N4O3S. The van der Waals surface area contributed by atoms with Crippen molar-refractivity contribution in [3.05, 3.63) is 131 Å². The fourth-order valence-corrected chi connectivity index (χ4v) is 6.56. The maximum atomic E-state index is 12.5. The number of carbonyl (C=O) groups excluding carboxylic acids is 2. The van der Waals surface area contributed by atoms with Crippen LogP contribution in [0.5, 0.6) is 0 Å². The Morgan fingerprint density at radius 2 is 1.49 bits per heavy atom. The van der Waals surface area contributed by atoms with Gasteiger partial charge in [0.25, 0.3) is 0 Å². The van der Waals surface area contributed by atoms with Gasteiger partial charge in [0.15, 0.2) is 5.12 Å². The Hall–Kier alpha value is -4.01. The number of benzene rings is 3. The van der Waals surface area contributed by atoms with Gasteiger partial charge in [-0.2, -0.15) is 0 Å². The molecule has 1 aromatic heterocycles. The van der Waals surface area contributed by atoms with Crippen LogP contribution in [0.1, 0.15) is 47.4 Å². The van der Waals surface area contributed by atoms with E-state index in [4.69, 9.17) is 4.74 Å². The minimum absolute atomic E-state index is 0.0116. The van der Waals surface area contributed by atoms with Crippen LogP contribution in [-0.4, -0.2) is 51.2 Å². The van der Waals surface area contributed by atoms with Crippen molar-refractivity contribution in [3.8, 4) is 0 Å². The number of ether oxygens (including phenoxy) is 1. The lowest BCUT2D eigenvalue weighted by molar-refractivity contribution is -0.140. The number of methoxy groups -OCH3 is 1. The summed E-state index contributed by atoms with van der Waals surface area (Å²) in [4.78, 5) is 26.7. The van der Waals surface area contributed by atoms with Gasteiger partial charge in [-0.15, -0.1) is 5.10 Å². The van der Waals surface area contributed by atoms with E-state index >= 15 is 0 Å². The molecule has 0 bridgehead atoms. The van der Waals surface area contributed by atoms with Crippen LogP contribution >= 0.6 is 11.8 Å². The highest BCUT2D eigenvalue weighted by molar-refractivity contribution is 8.13. The highest BCUT2D eigenvalue weighted by Gasteiger charge is 2.43. The summed E-state index contributed by atoms with van der Waals surface area (Å²) in [5.74, 6) is -0.304. The van der Waals surface area contributed by atoms with E-state index in [-0.39, 0.29) is 22.8 Å². The predicted molar refractivity (Wildman–Crippen MR) is 161 cm³/mol. The van der Waals surface area contributed by atoms with Crippen molar-refractivity contribution in [1.29, 1.82) is 0 Å². The highest BCUT2D eigenvalue weighted by Crippen LogP contribution is 2.46. The summed E-state index contributed by atoms with van der Waals surface area (Å²) in [7, 11) is 1.37. The van der Waals surface area contributed by atoms with E-state index in [0.29, 0.717) is 18.8 Å². The molecule has 1 aliphatic heterocycles. The zero-order chi connectivity index (χ0) is 28.7. The topological polar surface area (TPSA) is 77.3 Å². The van der Waals surface area contributed by atoms with Gasteiger partial charge in [0.05, 0.1) is 30.9 Å². The molecule has 0 amide bonds. The molecule has 41 heavy (non-hydrogen) atoms. The molecule has 1 atom stereocenters. The molecule has 0 radical (unpaired) electrons. The van der Waals surface area contributed by atoms with E-state index in [9.17, 15) is 9.59 Å². The van der Waals surface area contributed by atoms with Gasteiger partial charge in [-0.25, -0.2) is 0 Å². The van der Waals surface area contributed by atoms with Crippen molar-refractivity contribution in [3.63, 3.8) is 0 Å². The molecule has 0 N–H and O–H groups in total. The number of hydrogen-bond acceptors (Lipinski definition) is 7. The van der Waals surface area contributed by atoms with E-state index in [1.165, 1.54) is 35.6 Å². The second kappa shape index (κ2) is 13.1. The second-order valence-electron chi connectivity index (χ2n) is 10.0. The van der Waals surface area contributed by atoms with Gasteiger partial charge in [0.2, 0.25) is 0 Å². The summed E-state index contributed by atoms with van der Waals surface area (Å²) in [5.41, 5.74) is 4.82. The number of rotatable bonds is 10. The van der Waals surface area contributed by atoms with Crippen LogP contribution in [0.3, 0.4) is 0 Å². The van der Waals surface area contributed by atoms with Gasteiger partial charge in [0.1, 0.15) is 5.69 Å². The van der Waals surface area contributed by atoms with Crippen LogP contribution in [0.4, 0.5) is 0 Å². The number of carbonyl (C=O) groups is 2. The van der Waals surface area contributed by atoms with E-state index in [1.807, 2.05) is 6.20 Å².